The van der Waals surface area contributed by atoms with Gasteiger partial charge in [-0.2, -0.15) is 5.10 Å². The molecule has 1 aromatic carbocycles. The van der Waals surface area contributed by atoms with Crippen molar-refractivity contribution in [3.63, 3.8) is 0 Å². The summed E-state index contributed by atoms with van der Waals surface area (Å²) in [5.41, 5.74) is 2.69. The van der Waals surface area contributed by atoms with Gasteiger partial charge in [-0.1, -0.05) is 12.1 Å². The third-order valence-corrected chi connectivity index (χ3v) is 5.79. The first kappa shape index (κ1) is 20.5. The van der Waals surface area contributed by atoms with E-state index in [1.54, 1.807) is 30.9 Å². The SMILES string of the molecule is CN(c1cnc(-c2ccc(-c3cn[nH]c3)c(F)c2)cn1)C1CC(C)(C)NC(C)(C)C1. The van der Waals surface area contributed by atoms with E-state index in [9.17, 15) is 4.39 Å². The largest absolute Gasteiger partial charge is 0.355 e. The number of anilines is 1. The molecule has 2 N–H and O–H groups in total. The Labute approximate surface area is 177 Å². The van der Waals surface area contributed by atoms with Crippen LogP contribution in [0, 0.1) is 5.82 Å². The summed E-state index contributed by atoms with van der Waals surface area (Å²) < 4.78 is 14.6. The van der Waals surface area contributed by atoms with Crippen molar-refractivity contribution in [1.82, 2.24) is 25.5 Å². The van der Waals surface area contributed by atoms with Crippen LogP contribution in [0.1, 0.15) is 40.5 Å². The average Bonchev–Trinajstić information content (AvgIpc) is 3.19. The maximum Gasteiger partial charge on any atom is 0.147 e. The second-order valence-electron chi connectivity index (χ2n) is 9.51. The third kappa shape index (κ3) is 4.21. The number of halogens is 1. The number of nitrogens with one attached hydrogen (secondary N) is 2. The summed E-state index contributed by atoms with van der Waals surface area (Å²) in [5, 5.41) is 10.3. The molecule has 7 heteroatoms. The number of H-pyrrole nitrogens is 1. The topological polar surface area (TPSA) is 69.7 Å². The number of hydrogen-bond donors (Lipinski definition) is 2. The number of aromatic amines is 1. The van der Waals surface area contributed by atoms with E-state index in [4.69, 9.17) is 0 Å². The molecule has 2 aromatic heterocycles. The Balaban J connectivity index is 1.54. The molecule has 0 aliphatic carbocycles. The molecule has 4 rings (SSSR count). The Hall–Kier alpha value is -2.80. The highest BCUT2D eigenvalue weighted by atomic mass is 19.1. The van der Waals surface area contributed by atoms with Gasteiger partial charge in [0.05, 0.1) is 24.3 Å². The zero-order valence-corrected chi connectivity index (χ0v) is 18.2. The van der Waals surface area contributed by atoms with Crippen LogP contribution in [0.3, 0.4) is 0 Å². The lowest BCUT2D eigenvalue weighted by Gasteiger charge is -2.49. The van der Waals surface area contributed by atoms with Crippen LogP contribution in [-0.2, 0) is 0 Å². The molecule has 0 radical (unpaired) electrons. The van der Waals surface area contributed by atoms with Crippen molar-refractivity contribution in [3.05, 3.63) is 48.8 Å². The van der Waals surface area contributed by atoms with Crippen molar-refractivity contribution in [3.8, 4) is 22.4 Å². The number of piperidine rings is 1. The minimum Gasteiger partial charge on any atom is -0.355 e. The van der Waals surface area contributed by atoms with Crippen LogP contribution >= 0.6 is 0 Å². The highest BCUT2D eigenvalue weighted by Gasteiger charge is 2.39. The summed E-state index contributed by atoms with van der Waals surface area (Å²) in [5.74, 6) is 0.517. The molecule has 3 aromatic rings. The molecule has 30 heavy (non-hydrogen) atoms. The van der Waals surface area contributed by atoms with Gasteiger partial charge in [-0.05, 0) is 46.6 Å². The predicted octanol–water partition coefficient (Wildman–Crippen LogP) is 4.42. The molecular weight excluding hydrogens is 379 g/mol. The van der Waals surface area contributed by atoms with E-state index < -0.39 is 0 Å². The maximum absolute atomic E-state index is 14.6. The lowest BCUT2D eigenvalue weighted by Crippen LogP contribution is -2.62. The standard InChI is InChI=1S/C23H29FN6/c1-22(2)9-17(10-23(3,4)29-22)30(5)21-14-25-20(13-26-21)15-6-7-18(19(24)8-15)16-11-27-28-12-16/h6-8,11-14,17,29H,9-10H2,1-5H3,(H,27,28). The monoisotopic (exact) mass is 408 g/mol. The van der Waals surface area contributed by atoms with Crippen LogP contribution in [0.15, 0.2) is 43.0 Å². The number of nitrogens with zero attached hydrogens (tertiary/aromatic N) is 4. The summed E-state index contributed by atoms with van der Waals surface area (Å²) >= 11 is 0. The van der Waals surface area contributed by atoms with E-state index in [1.807, 2.05) is 6.07 Å². The Bertz CT molecular complexity index is 995. The summed E-state index contributed by atoms with van der Waals surface area (Å²) in [6.07, 6.45) is 8.82. The minimum atomic E-state index is -0.309. The predicted molar refractivity (Wildman–Crippen MR) is 118 cm³/mol. The highest BCUT2D eigenvalue weighted by Crippen LogP contribution is 2.33. The fraction of sp³-hybridized carbons (Fsp3) is 0.435. The maximum atomic E-state index is 14.6. The first-order valence-electron chi connectivity index (χ1n) is 10.3. The Morgan fingerprint density at radius 1 is 1.00 bits per heavy atom. The molecule has 0 amide bonds. The second-order valence-corrected chi connectivity index (χ2v) is 9.51. The Morgan fingerprint density at radius 2 is 1.73 bits per heavy atom. The first-order chi connectivity index (χ1) is 14.1. The average molecular weight is 409 g/mol. The normalized spacial score (nSPS) is 18.3. The molecule has 1 aliphatic heterocycles. The van der Waals surface area contributed by atoms with Gasteiger partial charge in [0.2, 0.25) is 0 Å². The van der Waals surface area contributed by atoms with E-state index in [0.29, 0.717) is 22.9 Å². The third-order valence-electron chi connectivity index (χ3n) is 5.79. The van der Waals surface area contributed by atoms with E-state index in [0.717, 1.165) is 24.2 Å². The van der Waals surface area contributed by atoms with Gasteiger partial charge in [-0.3, -0.25) is 10.1 Å². The van der Waals surface area contributed by atoms with Gasteiger partial charge in [0.1, 0.15) is 11.6 Å². The summed E-state index contributed by atoms with van der Waals surface area (Å²) in [7, 11) is 2.07. The fourth-order valence-electron chi connectivity index (χ4n) is 4.69. The van der Waals surface area contributed by atoms with Crippen molar-refractivity contribution < 1.29 is 4.39 Å². The highest BCUT2D eigenvalue weighted by molar-refractivity contribution is 5.68. The second kappa shape index (κ2) is 7.47. The van der Waals surface area contributed by atoms with E-state index >= 15 is 0 Å². The number of rotatable bonds is 4. The summed E-state index contributed by atoms with van der Waals surface area (Å²) in [6.45, 7) is 8.97. The number of benzene rings is 1. The number of hydrogen-bond acceptors (Lipinski definition) is 5. The van der Waals surface area contributed by atoms with E-state index in [-0.39, 0.29) is 16.9 Å². The van der Waals surface area contributed by atoms with Gasteiger partial charge in [-0.25, -0.2) is 9.37 Å². The van der Waals surface area contributed by atoms with Crippen molar-refractivity contribution in [2.24, 2.45) is 0 Å². The zero-order chi connectivity index (χ0) is 21.5. The quantitative estimate of drug-likeness (QED) is 0.669. The number of aromatic nitrogens is 4. The zero-order valence-electron chi connectivity index (χ0n) is 18.2. The van der Waals surface area contributed by atoms with Crippen LogP contribution in [0.4, 0.5) is 10.2 Å². The molecule has 3 heterocycles. The Kier molecular flexibility index (Phi) is 5.10. The fourth-order valence-corrected chi connectivity index (χ4v) is 4.69. The molecule has 0 atom stereocenters. The first-order valence-corrected chi connectivity index (χ1v) is 10.3. The van der Waals surface area contributed by atoms with Gasteiger partial charge < -0.3 is 10.2 Å². The van der Waals surface area contributed by atoms with Crippen molar-refractivity contribution in [1.29, 1.82) is 0 Å². The van der Waals surface area contributed by atoms with Gasteiger partial charge in [0.15, 0.2) is 0 Å². The lowest BCUT2D eigenvalue weighted by atomic mass is 9.79. The molecule has 0 unspecified atom stereocenters. The van der Waals surface area contributed by atoms with Crippen LogP contribution in [0.2, 0.25) is 0 Å². The minimum absolute atomic E-state index is 0.0578. The molecule has 1 aliphatic rings. The van der Waals surface area contributed by atoms with Crippen LogP contribution in [0.25, 0.3) is 22.4 Å². The van der Waals surface area contributed by atoms with Crippen LogP contribution in [0.5, 0.6) is 0 Å². The lowest BCUT2D eigenvalue weighted by molar-refractivity contribution is 0.160. The van der Waals surface area contributed by atoms with Crippen LogP contribution < -0.4 is 10.2 Å². The van der Waals surface area contributed by atoms with Gasteiger partial charge >= 0.3 is 0 Å². The van der Waals surface area contributed by atoms with Crippen molar-refractivity contribution in [2.45, 2.75) is 57.7 Å². The van der Waals surface area contributed by atoms with Crippen LogP contribution in [-0.4, -0.2) is 44.3 Å². The summed E-state index contributed by atoms with van der Waals surface area (Å²) in [4.78, 5) is 11.4. The van der Waals surface area contributed by atoms with Crippen molar-refractivity contribution in [2.75, 3.05) is 11.9 Å². The molecule has 1 fully saturated rings. The Morgan fingerprint density at radius 3 is 2.30 bits per heavy atom. The molecule has 158 valence electrons. The smallest absolute Gasteiger partial charge is 0.147 e. The molecule has 0 spiro atoms. The van der Waals surface area contributed by atoms with E-state index in [2.05, 4.69) is 65.1 Å². The molecular formula is C23H29FN6. The molecule has 0 bridgehead atoms. The molecule has 1 saturated heterocycles. The molecule has 0 saturated carbocycles. The summed E-state index contributed by atoms with van der Waals surface area (Å²) in [6, 6.07) is 5.46. The van der Waals surface area contributed by atoms with E-state index in [1.165, 1.54) is 6.07 Å². The van der Waals surface area contributed by atoms with Gasteiger partial charge in [0.25, 0.3) is 0 Å². The van der Waals surface area contributed by atoms with Crippen molar-refractivity contribution >= 4 is 5.82 Å². The van der Waals surface area contributed by atoms with Gasteiger partial charge in [-0.15, -0.1) is 0 Å². The van der Waals surface area contributed by atoms with Gasteiger partial charge in [0, 0.05) is 47.1 Å². The molecule has 6 nitrogen and oxygen atoms in total.